The van der Waals surface area contributed by atoms with E-state index in [1.54, 1.807) is 0 Å². The quantitative estimate of drug-likeness (QED) is 0.672. The molecule has 0 atom stereocenters. The molecule has 16 heavy (non-hydrogen) atoms. The Labute approximate surface area is 90.7 Å². The second-order valence-electron chi connectivity index (χ2n) is 3.21. The highest BCUT2D eigenvalue weighted by atomic mass is 15.3. The first-order valence-corrected chi connectivity index (χ1v) is 4.77. The monoisotopic (exact) mass is 212 g/mol. The van der Waals surface area contributed by atoms with Crippen LogP contribution in [0.25, 0.3) is 11.2 Å². The van der Waals surface area contributed by atoms with E-state index in [1.165, 1.54) is 6.33 Å². The van der Waals surface area contributed by atoms with E-state index < -0.39 is 0 Å². The Morgan fingerprint density at radius 2 is 1.88 bits per heavy atom. The Bertz CT molecular complexity index is 603. The summed E-state index contributed by atoms with van der Waals surface area (Å²) in [6.45, 7) is 0. The van der Waals surface area contributed by atoms with Gasteiger partial charge in [-0.05, 0) is 12.1 Å². The van der Waals surface area contributed by atoms with Crippen molar-refractivity contribution in [1.29, 1.82) is 0 Å². The summed E-state index contributed by atoms with van der Waals surface area (Å²) < 4.78 is 0. The lowest BCUT2D eigenvalue weighted by Gasteiger charge is -2.03. The van der Waals surface area contributed by atoms with Crippen LogP contribution in [0.4, 0.5) is 11.5 Å². The molecule has 0 aliphatic heterocycles. The molecule has 0 fully saturated rings. The van der Waals surface area contributed by atoms with Gasteiger partial charge >= 0.3 is 0 Å². The fourth-order valence-corrected chi connectivity index (χ4v) is 1.43. The summed E-state index contributed by atoms with van der Waals surface area (Å²) in [5, 5.41) is 13.6. The van der Waals surface area contributed by atoms with Crippen LogP contribution in [0.15, 0.2) is 36.7 Å². The molecule has 2 N–H and O–H groups in total. The molecule has 0 unspecified atom stereocenters. The summed E-state index contributed by atoms with van der Waals surface area (Å²) in [4.78, 5) is 8.12. The molecule has 78 valence electrons. The van der Waals surface area contributed by atoms with E-state index in [0.717, 1.165) is 5.69 Å². The minimum Gasteiger partial charge on any atom is -0.338 e. The SMILES string of the molecule is c1ccc(Nc2ncnc3n[nH]nc23)cc1. The van der Waals surface area contributed by atoms with Gasteiger partial charge in [-0.15, -0.1) is 5.10 Å². The lowest BCUT2D eigenvalue weighted by atomic mass is 10.3. The zero-order valence-corrected chi connectivity index (χ0v) is 8.25. The van der Waals surface area contributed by atoms with Crippen molar-refractivity contribution in [3.05, 3.63) is 36.7 Å². The molecular weight excluding hydrogens is 204 g/mol. The Morgan fingerprint density at radius 3 is 2.75 bits per heavy atom. The van der Waals surface area contributed by atoms with Gasteiger partial charge in [-0.2, -0.15) is 10.3 Å². The predicted molar refractivity (Wildman–Crippen MR) is 59.2 cm³/mol. The fourth-order valence-electron chi connectivity index (χ4n) is 1.43. The highest BCUT2D eigenvalue weighted by Gasteiger charge is 2.06. The Balaban J connectivity index is 2.04. The first-order chi connectivity index (χ1) is 7.93. The van der Waals surface area contributed by atoms with Crippen LogP contribution >= 0.6 is 0 Å². The largest absolute Gasteiger partial charge is 0.338 e. The van der Waals surface area contributed by atoms with Crippen LogP contribution in [0.3, 0.4) is 0 Å². The average molecular weight is 212 g/mol. The number of hydrogen-bond donors (Lipinski definition) is 2. The zero-order valence-electron chi connectivity index (χ0n) is 8.25. The summed E-state index contributed by atoms with van der Waals surface area (Å²) in [6.07, 6.45) is 1.45. The number of nitrogens with zero attached hydrogens (tertiary/aromatic N) is 4. The molecule has 1 aromatic carbocycles. The van der Waals surface area contributed by atoms with Crippen LogP contribution < -0.4 is 5.32 Å². The topological polar surface area (TPSA) is 79.4 Å². The molecule has 0 spiro atoms. The van der Waals surface area contributed by atoms with Crippen molar-refractivity contribution in [1.82, 2.24) is 25.4 Å². The third kappa shape index (κ3) is 1.46. The molecule has 6 nitrogen and oxygen atoms in total. The Hall–Kier alpha value is -2.50. The average Bonchev–Trinajstić information content (AvgIpc) is 2.80. The summed E-state index contributed by atoms with van der Waals surface area (Å²) in [6, 6.07) is 9.76. The number of para-hydroxylation sites is 1. The molecule has 0 radical (unpaired) electrons. The molecule has 3 rings (SSSR count). The Morgan fingerprint density at radius 1 is 1.00 bits per heavy atom. The van der Waals surface area contributed by atoms with E-state index in [9.17, 15) is 0 Å². The normalized spacial score (nSPS) is 10.5. The molecule has 0 aliphatic carbocycles. The zero-order chi connectivity index (χ0) is 10.8. The summed E-state index contributed by atoms with van der Waals surface area (Å²) in [5.41, 5.74) is 2.13. The molecule has 2 heterocycles. The second-order valence-corrected chi connectivity index (χ2v) is 3.21. The molecule has 0 saturated heterocycles. The van der Waals surface area contributed by atoms with Crippen LogP contribution in [0.2, 0.25) is 0 Å². The standard InChI is InChI=1S/C10H8N6/c1-2-4-7(5-3-1)13-9-8-10(12-6-11-9)15-16-14-8/h1-6H,(H2,11,12,13,14,15,16). The molecule has 2 aromatic heterocycles. The minimum atomic E-state index is 0.549. The second kappa shape index (κ2) is 3.58. The van der Waals surface area contributed by atoms with Crippen molar-refractivity contribution in [3.63, 3.8) is 0 Å². The third-order valence-corrected chi connectivity index (χ3v) is 2.16. The smallest absolute Gasteiger partial charge is 0.206 e. The van der Waals surface area contributed by atoms with E-state index in [1.807, 2.05) is 30.3 Å². The number of nitrogens with one attached hydrogen (secondary N) is 2. The first kappa shape index (κ1) is 8.78. The van der Waals surface area contributed by atoms with Crippen LogP contribution in [-0.4, -0.2) is 25.4 Å². The van der Waals surface area contributed by atoms with Crippen molar-refractivity contribution in [2.75, 3.05) is 5.32 Å². The van der Waals surface area contributed by atoms with E-state index in [0.29, 0.717) is 17.0 Å². The summed E-state index contributed by atoms with van der Waals surface area (Å²) >= 11 is 0. The maximum absolute atomic E-state index is 4.13. The summed E-state index contributed by atoms with van der Waals surface area (Å²) in [7, 11) is 0. The van der Waals surface area contributed by atoms with E-state index in [4.69, 9.17) is 0 Å². The van der Waals surface area contributed by atoms with Crippen molar-refractivity contribution >= 4 is 22.7 Å². The van der Waals surface area contributed by atoms with Crippen molar-refractivity contribution in [2.24, 2.45) is 0 Å². The number of benzene rings is 1. The van der Waals surface area contributed by atoms with Gasteiger partial charge in [0.2, 0.25) is 5.65 Å². The Kier molecular flexibility index (Phi) is 1.96. The maximum Gasteiger partial charge on any atom is 0.206 e. The first-order valence-electron chi connectivity index (χ1n) is 4.77. The number of aromatic amines is 1. The van der Waals surface area contributed by atoms with Gasteiger partial charge in [0.15, 0.2) is 11.3 Å². The van der Waals surface area contributed by atoms with Gasteiger partial charge in [-0.25, -0.2) is 9.97 Å². The van der Waals surface area contributed by atoms with Crippen LogP contribution in [0, 0.1) is 0 Å². The van der Waals surface area contributed by atoms with Crippen molar-refractivity contribution in [2.45, 2.75) is 0 Å². The number of anilines is 2. The van der Waals surface area contributed by atoms with Crippen molar-refractivity contribution < 1.29 is 0 Å². The van der Waals surface area contributed by atoms with Crippen LogP contribution in [-0.2, 0) is 0 Å². The third-order valence-electron chi connectivity index (χ3n) is 2.16. The van der Waals surface area contributed by atoms with Gasteiger partial charge in [-0.1, -0.05) is 18.2 Å². The predicted octanol–water partition coefficient (Wildman–Crippen LogP) is 1.49. The van der Waals surface area contributed by atoms with Gasteiger partial charge in [-0.3, -0.25) is 0 Å². The lowest BCUT2D eigenvalue weighted by molar-refractivity contribution is 0.954. The fraction of sp³-hybridized carbons (Fsp3) is 0. The molecule has 0 amide bonds. The van der Waals surface area contributed by atoms with Gasteiger partial charge in [0, 0.05) is 5.69 Å². The van der Waals surface area contributed by atoms with Gasteiger partial charge in [0.25, 0.3) is 0 Å². The van der Waals surface area contributed by atoms with Crippen LogP contribution in [0.1, 0.15) is 0 Å². The van der Waals surface area contributed by atoms with Crippen molar-refractivity contribution in [3.8, 4) is 0 Å². The number of hydrogen-bond acceptors (Lipinski definition) is 5. The highest BCUT2D eigenvalue weighted by Crippen LogP contribution is 2.18. The molecule has 3 aromatic rings. The minimum absolute atomic E-state index is 0.549. The maximum atomic E-state index is 4.13. The molecule has 0 saturated carbocycles. The van der Waals surface area contributed by atoms with Gasteiger partial charge < -0.3 is 5.32 Å². The van der Waals surface area contributed by atoms with Gasteiger partial charge in [0.05, 0.1) is 0 Å². The van der Waals surface area contributed by atoms with E-state index in [-0.39, 0.29) is 0 Å². The number of aromatic nitrogens is 5. The van der Waals surface area contributed by atoms with E-state index in [2.05, 4.69) is 30.7 Å². The summed E-state index contributed by atoms with van der Waals surface area (Å²) in [5.74, 6) is 0.643. The van der Waals surface area contributed by atoms with Crippen LogP contribution in [0.5, 0.6) is 0 Å². The number of fused-ring (bicyclic) bond motifs is 1. The van der Waals surface area contributed by atoms with E-state index >= 15 is 0 Å². The molecular formula is C10H8N6. The molecule has 0 bridgehead atoms. The lowest BCUT2D eigenvalue weighted by Crippen LogP contribution is -1.95. The van der Waals surface area contributed by atoms with Gasteiger partial charge in [0.1, 0.15) is 6.33 Å². The number of rotatable bonds is 2. The molecule has 0 aliphatic rings. The molecule has 6 heteroatoms. The number of H-pyrrole nitrogens is 1. The highest BCUT2D eigenvalue weighted by molar-refractivity contribution is 5.83.